The molecule has 1 aliphatic carbocycles. The third kappa shape index (κ3) is 5.01. The van der Waals surface area contributed by atoms with Crippen LogP contribution in [0.15, 0.2) is 36.0 Å². The van der Waals surface area contributed by atoms with E-state index >= 15 is 0 Å². The molecule has 2 amide bonds. The molecule has 0 aromatic carbocycles. The number of nitrogens with zero attached hydrogens (tertiary/aromatic N) is 3. The van der Waals surface area contributed by atoms with Crippen molar-refractivity contribution in [2.24, 2.45) is 11.8 Å². The van der Waals surface area contributed by atoms with Crippen LogP contribution >= 0.6 is 11.5 Å². The maximum atomic E-state index is 12.8. The van der Waals surface area contributed by atoms with Crippen molar-refractivity contribution in [3.8, 4) is 0 Å². The summed E-state index contributed by atoms with van der Waals surface area (Å²) in [5.41, 5.74) is 1.53. The number of hydrogen-bond acceptors (Lipinski definition) is 5. The van der Waals surface area contributed by atoms with E-state index in [1.54, 1.807) is 17.8 Å². The molecule has 2 aliphatic rings. The third-order valence-corrected chi connectivity index (χ3v) is 6.75. The molecule has 2 aromatic heterocycles. The molecule has 0 radical (unpaired) electrons. The van der Waals surface area contributed by atoms with Crippen molar-refractivity contribution >= 4 is 23.3 Å². The van der Waals surface area contributed by atoms with E-state index in [0.717, 1.165) is 37.9 Å². The zero-order valence-corrected chi connectivity index (χ0v) is 17.4. The molecule has 29 heavy (non-hydrogen) atoms. The molecule has 1 N–H and O–H groups in total. The van der Waals surface area contributed by atoms with Gasteiger partial charge in [-0.05, 0) is 55.3 Å². The van der Waals surface area contributed by atoms with Crippen LogP contribution in [0.1, 0.15) is 67.0 Å². The van der Waals surface area contributed by atoms with Crippen molar-refractivity contribution in [2.45, 2.75) is 51.0 Å². The van der Waals surface area contributed by atoms with Crippen molar-refractivity contribution in [3.05, 3.63) is 47.2 Å². The van der Waals surface area contributed by atoms with Crippen LogP contribution < -0.4 is 5.32 Å². The van der Waals surface area contributed by atoms with Gasteiger partial charge in [-0.25, -0.2) is 4.37 Å². The number of amides is 2. The van der Waals surface area contributed by atoms with Crippen LogP contribution in [0.4, 0.5) is 0 Å². The summed E-state index contributed by atoms with van der Waals surface area (Å²) in [4.78, 5) is 32.0. The molecule has 6 nitrogen and oxygen atoms in total. The molecule has 3 heterocycles. The van der Waals surface area contributed by atoms with Crippen molar-refractivity contribution in [3.63, 3.8) is 0 Å². The van der Waals surface area contributed by atoms with Gasteiger partial charge in [-0.1, -0.05) is 18.9 Å². The van der Waals surface area contributed by atoms with E-state index in [1.807, 2.05) is 23.1 Å². The van der Waals surface area contributed by atoms with Crippen molar-refractivity contribution in [1.82, 2.24) is 19.6 Å². The Balaban J connectivity index is 1.47. The zero-order chi connectivity index (χ0) is 20.1. The molecule has 4 rings (SSSR count). The first-order valence-electron chi connectivity index (χ1n) is 10.6. The average Bonchev–Trinajstić information content (AvgIpc) is 3.47. The van der Waals surface area contributed by atoms with E-state index in [1.165, 1.54) is 24.4 Å². The summed E-state index contributed by atoms with van der Waals surface area (Å²) in [5.74, 6) is 0.801. The number of carbonyl (C=O) groups excluding carboxylic acids is 2. The molecule has 1 saturated heterocycles. The van der Waals surface area contributed by atoms with E-state index in [0.29, 0.717) is 24.4 Å². The number of pyridine rings is 1. The molecule has 0 unspecified atom stereocenters. The summed E-state index contributed by atoms with van der Waals surface area (Å²) in [6.07, 6.45) is 10.7. The lowest BCUT2D eigenvalue weighted by molar-refractivity contribution is -0.123. The fraction of sp³-hybridized carbons (Fsp3) is 0.545. The Bertz CT molecular complexity index is 805. The van der Waals surface area contributed by atoms with Gasteiger partial charge in [0, 0.05) is 37.0 Å². The Morgan fingerprint density at radius 1 is 1.21 bits per heavy atom. The quantitative estimate of drug-likeness (QED) is 0.782. The smallest absolute Gasteiger partial charge is 0.256 e. The Labute approximate surface area is 175 Å². The molecular weight excluding hydrogens is 384 g/mol. The van der Waals surface area contributed by atoms with Crippen LogP contribution in [0, 0.1) is 11.8 Å². The minimum absolute atomic E-state index is 0.0282. The summed E-state index contributed by atoms with van der Waals surface area (Å²) in [7, 11) is 0. The minimum Gasteiger partial charge on any atom is -0.347 e. The summed E-state index contributed by atoms with van der Waals surface area (Å²) in [6.45, 7) is 1.37. The van der Waals surface area contributed by atoms with Gasteiger partial charge in [0.15, 0.2) is 0 Å². The van der Waals surface area contributed by atoms with Gasteiger partial charge in [0.25, 0.3) is 5.91 Å². The summed E-state index contributed by atoms with van der Waals surface area (Å²) in [5, 5.41) is 5.07. The number of aromatic nitrogens is 2. The number of carbonyl (C=O) groups is 2. The number of hydrogen-bond donors (Lipinski definition) is 1. The van der Waals surface area contributed by atoms with Crippen LogP contribution in [0.3, 0.4) is 0 Å². The Hall–Kier alpha value is -2.28. The first-order chi connectivity index (χ1) is 14.2. The molecule has 7 heteroatoms. The van der Waals surface area contributed by atoms with Gasteiger partial charge in [-0.2, -0.15) is 0 Å². The number of likely N-dealkylation sites (tertiary alicyclic amines) is 1. The van der Waals surface area contributed by atoms with Gasteiger partial charge in [-0.3, -0.25) is 14.6 Å². The second-order valence-electron chi connectivity index (χ2n) is 8.22. The first-order valence-corrected chi connectivity index (χ1v) is 11.4. The van der Waals surface area contributed by atoms with E-state index in [4.69, 9.17) is 0 Å². The number of nitrogens with one attached hydrogen (secondary N) is 1. The second kappa shape index (κ2) is 9.48. The van der Waals surface area contributed by atoms with Crippen LogP contribution in [0.2, 0.25) is 0 Å². The average molecular weight is 413 g/mol. The van der Waals surface area contributed by atoms with Crippen LogP contribution in [-0.4, -0.2) is 39.2 Å². The SMILES string of the molecule is O=C(CC1CCCC1)N[C@@H](c1ccccn1)[C@H]1CCCN(C(=O)c2cnsc2)C1. The van der Waals surface area contributed by atoms with Crippen molar-refractivity contribution < 1.29 is 9.59 Å². The highest BCUT2D eigenvalue weighted by molar-refractivity contribution is 7.03. The minimum atomic E-state index is -0.165. The second-order valence-corrected chi connectivity index (χ2v) is 8.88. The first kappa shape index (κ1) is 20.0. The van der Waals surface area contributed by atoms with Gasteiger partial charge in [0.1, 0.15) is 0 Å². The van der Waals surface area contributed by atoms with E-state index in [-0.39, 0.29) is 23.8 Å². The van der Waals surface area contributed by atoms with Gasteiger partial charge < -0.3 is 10.2 Å². The zero-order valence-electron chi connectivity index (χ0n) is 16.6. The Morgan fingerprint density at radius 3 is 2.79 bits per heavy atom. The van der Waals surface area contributed by atoms with E-state index in [9.17, 15) is 9.59 Å². The largest absolute Gasteiger partial charge is 0.347 e. The monoisotopic (exact) mass is 412 g/mol. The number of piperidine rings is 1. The van der Waals surface area contributed by atoms with Gasteiger partial charge >= 0.3 is 0 Å². The lowest BCUT2D eigenvalue weighted by Gasteiger charge is -2.37. The maximum absolute atomic E-state index is 12.8. The Kier molecular flexibility index (Phi) is 6.54. The highest BCUT2D eigenvalue weighted by Crippen LogP contribution is 2.31. The molecule has 1 aliphatic heterocycles. The van der Waals surface area contributed by atoms with Gasteiger partial charge in [0.2, 0.25) is 5.91 Å². The summed E-state index contributed by atoms with van der Waals surface area (Å²) in [6, 6.07) is 5.66. The predicted molar refractivity (Wildman–Crippen MR) is 112 cm³/mol. The fourth-order valence-corrected chi connectivity index (χ4v) is 5.17. The van der Waals surface area contributed by atoms with Gasteiger partial charge in [0.05, 0.1) is 23.5 Å². The number of rotatable bonds is 6. The van der Waals surface area contributed by atoms with Crippen molar-refractivity contribution in [2.75, 3.05) is 13.1 Å². The van der Waals surface area contributed by atoms with E-state index < -0.39 is 0 Å². The lowest BCUT2D eigenvalue weighted by Crippen LogP contribution is -2.45. The molecule has 2 aromatic rings. The highest BCUT2D eigenvalue weighted by Gasteiger charge is 2.33. The van der Waals surface area contributed by atoms with Crippen LogP contribution in [0.5, 0.6) is 0 Å². The summed E-state index contributed by atoms with van der Waals surface area (Å²) >= 11 is 1.29. The highest BCUT2D eigenvalue weighted by atomic mass is 32.1. The molecule has 154 valence electrons. The normalized spacial score (nSPS) is 21.1. The van der Waals surface area contributed by atoms with Crippen molar-refractivity contribution in [1.29, 1.82) is 0 Å². The Morgan fingerprint density at radius 2 is 2.07 bits per heavy atom. The standard InChI is InChI=1S/C22H28N4O2S/c27-20(12-16-6-1-2-7-16)25-21(19-9-3-4-10-23-19)17-8-5-11-26(14-17)22(28)18-13-24-29-15-18/h3-4,9-10,13,15-17,21H,1-2,5-8,11-12,14H2,(H,25,27)/t17-,21+/m0/s1. The summed E-state index contributed by atoms with van der Waals surface area (Å²) < 4.78 is 4.06. The molecule has 2 fully saturated rings. The van der Waals surface area contributed by atoms with Gasteiger partial charge in [-0.15, -0.1) is 0 Å². The molecule has 2 atom stereocenters. The topological polar surface area (TPSA) is 75.2 Å². The fourth-order valence-electron chi connectivity index (χ4n) is 4.66. The molecule has 0 spiro atoms. The molecule has 1 saturated carbocycles. The molecule has 0 bridgehead atoms. The van der Waals surface area contributed by atoms with Crippen LogP contribution in [0.25, 0.3) is 0 Å². The maximum Gasteiger partial charge on any atom is 0.256 e. The molecular formula is C22H28N4O2S. The predicted octanol–water partition coefficient (Wildman–Crippen LogP) is 3.83. The third-order valence-electron chi connectivity index (χ3n) is 6.17. The van der Waals surface area contributed by atoms with E-state index in [2.05, 4.69) is 14.7 Å². The lowest BCUT2D eigenvalue weighted by atomic mass is 9.87. The van der Waals surface area contributed by atoms with Crippen LogP contribution in [-0.2, 0) is 4.79 Å².